The molecule has 0 radical (unpaired) electrons. The molecule has 0 spiro atoms. The molecule has 5 aromatic carbocycles. The predicted octanol–water partition coefficient (Wildman–Crippen LogP) is 10.2. The van der Waals surface area contributed by atoms with Crippen molar-refractivity contribution in [2.24, 2.45) is 0 Å². The van der Waals surface area contributed by atoms with Crippen LogP contribution in [0.1, 0.15) is 0 Å². The molecule has 206 valence electrons. The molecule has 9 rings (SSSR count). The summed E-state index contributed by atoms with van der Waals surface area (Å²) in [7, 11) is 2.15. The second kappa shape index (κ2) is 9.63. The average molecular weight is 591 g/mol. The zero-order valence-corrected chi connectivity index (χ0v) is 25.1. The van der Waals surface area contributed by atoms with Gasteiger partial charge in [-0.05, 0) is 66.7 Å². The van der Waals surface area contributed by atoms with Gasteiger partial charge in [-0.2, -0.15) is 0 Å². The fraction of sp³-hybridized carbons (Fsp3) is 0.0541. The summed E-state index contributed by atoms with van der Waals surface area (Å²) in [4.78, 5) is 11.9. The number of aromatic nitrogens is 2. The van der Waals surface area contributed by atoms with Crippen LogP contribution in [0.25, 0.3) is 47.8 Å². The highest BCUT2D eigenvalue weighted by Gasteiger charge is 2.24. The highest BCUT2D eigenvalue weighted by atomic mass is 32.2. The lowest BCUT2D eigenvalue weighted by atomic mass is 10.1. The third kappa shape index (κ3) is 3.87. The Kier molecular flexibility index (Phi) is 5.55. The summed E-state index contributed by atoms with van der Waals surface area (Å²) in [5, 5.41) is 5.10. The first-order valence-corrected chi connectivity index (χ1v) is 16.0. The van der Waals surface area contributed by atoms with Crippen molar-refractivity contribution in [1.82, 2.24) is 9.55 Å². The van der Waals surface area contributed by atoms with Crippen LogP contribution >= 0.6 is 23.1 Å². The SMILES string of the molecule is CN1CN(c2cccc(Sc3ccc4c5ccc6sc7ccccc7c6c5n(-c5ccccn5)c4c3)c2)c2ccccc21. The van der Waals surface area contributed by atoms with Crippen LogP contribution in [0.3, 0.4) is 0 Å². The van der Waals surface area contributed by atoms with Crippen molar-refractivity contribution >= 4 is 82.1 Å². The Morgan fingerprint density at radius 3 is 2.40 bits per heavy atom. The monoisotopic (exact) mass is 590 g/mol. The lowest BCUT2D eigenvalue weighted by Crippen LogP contribution is -2.23. The third-order valence-electron chi connectivity index (χ3n) is 8.42. The van der Waals surface area contributed by atoms with Crippen molar-refractivity contribution in [2.75, 3.05) is 23.5 Å². The topological polar surface area (TPSA) is 24.3 Å². The molecule has 1 aliphatic heterocycles. The molecule has 3 aromatic heterocycles. The predicted molar refractivity (Wildman–Crippen MR) is 184 cm³/mol. The van der Waals surface area contributed by atoms with Gasteiger partial charge in [0.15, 0.2) is 0 Å². The number of hydrogen-bond donors (Lipinski definition) is 0. The number of benzene rings is 5. The summed E-state index contributed by atoms with van der Waals surface area (Å²) in [6, 6.07) is 43.9. The van der Waals surface area contributed by atoms with Crippen LogP contribution in [0.2, 0.25) is 0 Å². The van der Waals surface area contributed by atoms with E-state index in [2.05, 4.69) is 137 Å². The molecule has 1 aliphatic rings. The standard InChI is InChI=1S/C37H26N4S2/c1-39-23-40(31-13-4-3-12-30(31)39)24-9-8-10-25(21-24)42-26-16-17-27-28-18-19-34-36(29-11-2-5-14-33(29)43-34)37(28)41(32(27)22-26)35-15-6-7-20-38-35/h2-22H,23H2,1H3. The minimum atomic E-state index is 0.843. The number of fused-ring (bicyclic) bond motifs is 8. The molecule has 0 fully saturated rings. The highest BCUT2D eigenvalue weighted by molar-refractivity contribution is 7.99. The smallest absolute Gasteiger partial charge is 0.137 e. The molecular formula is C37H26N4S2. The van der Waals surface area contributed by atoms with E-state index in [0.29, 0.717) is 0 Å². The van der Waals surface area contributed by atoms with Crippen LogP contribution in [0.5, 0.6) is 0 Å². The molecule has 0 amide bonds. The van der Waals surface area contributed by atoms with E-state index in [1.165, 1.54) is 68.8 Å². The lowest BCUT2D eigenvalue weighted by molar-refractivity contribution is 0.948. The molecule has 0 saturated carbocycles. The maximum Gasteiger partial charge on any atom is 0.137 e. The van der Waals surface area contributed by atoms with Crippen molar-refractivity contribution < 1.29 is 0 Å². The number of rotatable bonds is 4. The quantitative estimate of drug-likeness (QED) is 0.204. The Labute approximate surface area is 257 Å². The molecule has 0 unspecified atom stereocenters. The van der Waals surface area contributed by atoms with Gasteiger partial charge < -0.3 is 9.80 Å². The summed E-state index contributed by atoms with van der Waals surface area (Å²) < 4.78 is 4.98. The molecule has 43 heavy (non-hydrogen) atoms. The molecule has 0 aliphatic carbocycles. The van der Waals surface area contributed by atoms with E-state index >= 15 is 0 Å². The maximum atomic E-state index is 4.84. The largest absolute Gasteiger partial charge is 0.355 e. The minimum Gasteiger partial charge on any atom is -0.355 e. The summed E-state index contributed by atoms with van der Waals surface area (Å²) in [6.07, 6.45) is 1.89. The van der Waals surface area contributed by atoms with Gasteiger partial charge in [0.25, 0.3) is 0 Å². The number of para-hydroxylation sites is 2. The van der Waals surface area contributed by atoms with Gasteiger partial charge >= 0.3 is 0 Å². The van der Waals surface area contributed by atoms with Gasteiger partial charge in [0.05, 0.1) is 29.1 Å². The van der Waals surface area contributed by atoms with Crippen LogP contribution in [-0.4, -0.2) is 23.3 Å². The van der Waals surface area contributed by atoms with Gasteiger partial charge in [-0.15, -0.1) is 11.3 Å². The molecule has 6 heteroatoms. The van der Waals surface area contributed by atoms with Crippen molar-refractivity contribution in [3.05, 3.63) is 128 Å². The number of pyridine rings is 1. The van der Waals surface area contributed by atoms with Gasteiger partial charge in [-0.3, -0.25) is 4.57 Å². The lowest BCUT2D eigenvalue weighted by Gasteiger charge is -2.20. The fourth-order valence-electron chi connectivity index (χ4n) is 6.53. The second-order valence-electron chi connectivity index (χ2n) is 11.0. The van der Waals surface area contributed by atoms with Crippen LogP contribution in [0.15, 0.2) is 137 Å². The number of anilines is 3. The van der Waals surface area contributed by atoms with Crippen molar-refractivity contribution in [1.29, 1.82) is 0 Å². The Hall–Kier alpha value is -4.78. The first-order chi connectivity index (χ1) is 21.2. The molecule has 0 bridgehead atoms. The number of thiophene rings is 1. The van der Waals surface area contributed by atoms with E-state index < -0.39 is 0 Å². The van der Waals surface area contributed by atoms with Crippen molar-refractivity contribution in [2.45, 2.75) is 9.79 Å². The summed E-state index contributed by atoms with van der Waals surface area (Å²) in [6.45, 7) is 0.843. The first kappa shape index (κ1) is 24.8. The van der Waals surface area contributed by atoms with Gasteiger partial charge in [0, 0.05) is 59.7 Å². The highest BCUT2D eigenvalue weighted by Crippen LogP contribution is 2.45. The van der Waals surface area contributed by atoms with Gasteiger partial charge in [-0.1, -0.05) is 66.4 Å². The molecule has 4 nitrogen and oxygen atoms in total. The van der Waals surface area contributed by atoms with E-state index in [1.54, 1.807) is 0 Å². The van der Waals surface area contributed by atoms with E-state index in [9.17, 15) is 0 Å². The normalized spacial score (nSPS) is 13.1. The van der Waals surface area contributed by atoms with Crippen molar-refractivity contribution in [3.8, 4) is 5.82 Å². The molecule has 0 atom stereocenters. The van der Waals surface area contributed by atoms with E-state index in [-0.39, 0.29) is 0 Å². The molecular weight excluding hydrogens is 565 g/mol. The number of hydrogen-bond acceptors (Lipinski definition) is 5. The first-order valence-electron chi connectivity index (χ1n) is 14.4. The second-order valence-corrected chi connectivity index (χ2v) is 13.2. The Morgan fingerprint density at radius 1 is 0.674 bits per heavy atom. The van der Waals surface area contributed by atoms with E-state index in [0.717, 1.165) is 12.5 Å². The van der Waals surface area contributed by atoms with E-state index in [1.807, 2.05) is 35.4 Å². The summed E-state index contributed by atoms with van der Waals surface area (Å²) in [5.74, 6) is 0.936. The molecule has 0 N–H and O–H groups in total. The minimum absolute atomic E-state index is 0.843. The van der Waals surface area contributed by atoms with Gasteiger partial charge in [0.2, 0.25) is 0 Å². The van der Waals surface area contributed by atoms with Crippen LogP contribution in [0.4, 0.5) is 17.1 Å². The van der Waals surface area contributed by atoms with Crippen molar-refractivity contribution in [3.63, 3.8) is 0 Å². The summed E-state index contributed by atoms with van der Waals surface area (Å²) >= 11 is 3.67. The zero-order chi connectivity index (χ0) is 28.5. The Bertz CT molecular complexity index is 2340. The van der Waals surface area contributed by atoms with E-state index in [4.69, 9.17) is 4.98 Å². The average Bonchev–Trinajstić information content (AvgIpc) is 3.70. The number of nitrogens with zero attached hydrogens (tertiary/aromatic N) is 4. The summed E-state index contributed by atoms with van der Waals surface area (Å²) in [5.41, 5.74) is 6.12. The van der Waals surface area contributed by atoms with Gasteiger partial charge in [0.1, 0.15) is 5.82 Å². The van der Waals surface area contributed by atoms with Gasteiger partial charge in [-0.25, -0.2) is 4.98 Å². The van der Waals surface area contributed by atoms with Crippen LogP contribution in [-0.2, 0) is 0 Å². The Balaban J connectivity index is 1.20. The molecule has 4 heterocycles. The Morgan fingerprint density at radius 2 is 1.49 bits per heavy atom. The van der Waals surface area contributed by atoms with Crippen LogP contribution < -0.4 is 9.80 Å². The molecule has 8 aromatic rings. The maximum absolute atomic E-state index is 4.84. The third-order valence-corrected chi connectivity index (χ3v) is 10.5. The zero-order valence-electron chi connectivity index (χ0n) is 23.4. The molecule has 0 saturated heterocycles. The van der Waals surface area contributed by atoms with Crippen LogP contribution in [0, 0.1) is 0 Å². The fourth-order valence-corrected chi connectivity index (χ4v) is 8.55.